The lowest BCUT2D eigenvalue weighted by molar-refractivity contribution is -0.0667. The molecule has 0 saturated heterocycles. The van der Waals surface area contributed by atoms with Gasteiger partial charge in [-0.15, -0.1) is 0 Å². The van der Waals surface area contributed by atoms with Crippen LogP contribution in [0.5, 0.6) is 5.75 Å². The molecule has 1 aromatic carbocycles. The quantitative estimate of drug-likeness (QED) is 0.580. The third kappa shape index (κ3) is 3.59. The number of carbonyl (C=O) groups excluding carboxylic acids is 1. The molecule has 154 valence electrons. The average molecular weight is 479 g/mol. The molecule has 0 spiro atoms. The van der Waals surface area contributed by atoms with Crippen LogP contribution in [0, 0.1) is 17.8 Å². The predicted octanol–water partition coefficient (Wildman–Crippen LogP) is 5.38. The lowest BCUT2D eigenvalue weighted by atomic mass is 9.52. The number of hydrogen-bond acceptors (Lipinski definition) is 3. The fourth-order valence-corrected chi connectivity index (χ4v) is 6.94. The molecule has 5 nitrogen and oxygen atoms in total. The number of halogens is 2. The zero-order valence-electron chi connectivity index (χ0n) is 16.5. The molecule has 6 rings (SSSR count). The molecule has 4 bridgehead atoms. The summed E-state index contributed by atoms with van der Waals surface area (Å²) in [4.78, 5) is 15.2. The number of aromatic nitrogens is 2. The first-order valence-corrected chi connectivity index (χ1v) is 11.5. The van der Waals surface area contributed by atoms with Gasteiger partial charge in [0.1, 0.15) is 5.75 Å². The summed E-state index contributed by atoms with van der Waals surface area (Å²) in [7, 11) is 1.98. The summed E-state index contributed by atoms with van der Waals surface area (Å²) in [5.41, 5.74) is 0.530. The van der Waals surface area contributed by atoms with Gasteiger partial charge >= 0.3 is 0 Å². The summed E-state index contributed by atoms with van der Waals surface area (Å²) in [5, 5.41) is 5.12. The van der Waals surface area contributed by atoms with Gasteiger partial charge in [-0.1, -0.05) is 11.6 Å². The van der Waals surface area contributed by atoms with Crippen molar-refractivity contribution in [2.24, 2.45) is 17.8 Å². The Hall–Kier alpha value is -1.53. The van der Waals surface area contributed by atoms with Gasteiger partial charge in [-0.25, -0.2) is 4.68 Å². The second-order valence-corrected chi connectivity index (χ2v) is 10.4. The molecule has 4 fully saturated rings. The largest absolute Gasteiger partial charge is 0.470 e. The van der Waals surface area contributed by atoms with E-state index >= 15 is 0 Å². The van der Waals surface area contributed by atoms with Gasteiger partial charge in [0.25, 0.3) is 5.91 Å². The van der Waals surface area contributed by atoms with E-state index in [4.69, 9.17) is 16.3 Å². The molecule has 7 heteroatoms. The highest BCUT2D eigenvalue weighted by Crippen LogP contribution is 2.57. The molecule has 4 aliphatic rings. The van der Waals surface area contributed by atoms with Crippen molar-refractivity contribution >= 4 is 33.4 Å². The van der Waals surface area contributed by atoms with Crippen LogP contribution >= 0.6 is 27.5 Å². The second kappa shape index (κ2) is 7.31. The fourth-order valence-electron chi connectivity index (χ4n) is 6.14. The summed E-state index contributed by atoms with van der Waals surface area (Å²) in [6.45, 7) is 0.231. The average Bonchev–Trinajstić information content (AvgIpc) is 3.14. The van der Waals surface area contributed by atoms with Gasteiger partial charge < -0.3 is 9.64 Å². The van der Waals surface area contributed by atoms with E-state index in [9.17, 15) is 4.79 Å². The maximum Gasteiger partial charge on any atom is 0.274 e. The first kappa shape index (κ1) is 19.4. The van der Waals surface area contributed by atoms with Crippen LogP contribution in [0.25, 0.3) is 0 Å². The Kier molecular flexibility index (Phi) is 4.90. The first-order valence-electron chi connectivity index (χ1n) is 10.3. The minimum absolute atomic E-state index is 0.0263. The van der Waals surface area contributed by atoms with E-state index in [2.05, 4.69) is 21.0 Å². The van der Waals surface area contributed by atoms with Crippen LogP contribution in [0.2, 0.25) is 5.02 Å². The normalized spacial score (nSPS) is 29.8. The van der Waals surface area contributed by atoms with E-state index < -0.39 is 0 Å². The molecule has 1 amide bonds. The number of ether oxygens (including phenoxy) is 1. The van der Waals surface area contributed by atoms with Crippen molar-refractivity contribution in [2.45, 2.75) is 50.8 Å². The summed E-state index contributed by atoms with van der Waals surface area (Å²) in [6.07, 6.45) is 9.39. The Morgan fingerprint density at radius 1 is 1.24 bits per heavy atom. The lowest BCUT2D eigenvalue weighted by Gasteiger charge is -2.59. The zero-order chi connectivity index (χ0) is 20.2. The molecule has 1 aromatic heterocycles. The molecular formula is C22H25BrClN3O2. The van der Waals surface area contributed by atoms with Crippen molar-refractivity contribution in [1.82, 2.24) is 14.7 Å². The van der Waals surface area contributed by atoms with E-state index in [1.54, 1.807) is 29.1 Å². The van der Waals surface area contributed by atoms with Crippen molar-refractivity contribution in [3.8, 4) is 5.75 Å². The molecular weight excluding hydrogens is 454 g/mol. The van der Waals surface area contributed by atoms with E-state index in [0.29, 0.717) is 16.5 Å². The van der Waals surface area contributed by atoms with Crippen LogP contribution in [0.3, 0.4) is 0 Å². The van der Waals surface area contributed by atoms with Gasteiger partial charge in [0.05, 0.1) is 4.47 Å². The predicted molar refractivity (Wildman–Crippen MR) is 115 cm³/mol. The summed E-state index contributed by atoms with van der Waals surface area (Å²) in [5.74, 6) is 3.13. The van der Waals surface area contributed by atoms with Crippen LogP contribution in [0.15, 0.2) is 34.9 Å². The first-order chi connectivity index (χ1) is 13.9. The smallest absolute Gasteiger partial charge is 0.274 e. The zero-order valence-corrected chi connectivity index (χ0v) is 18.8. The maximum absolute atomic E-state index is 13.2. The van der Waals surface area contributed by atoms with Gasteiger partial charge in [-0.3, -0.25) is 4.79 Å². The number of benzene rings is 1. The highest BCUT2D eigenvalue weighted by atomic mass is 79.9. The van der Waals surface area contributed by atoms with Crippen LogP contribution in [0.4, 0.5) is 0 Å². The minimum Gasteiger partial charge on any atom is -0.470 e. The van der Waals surface area contributed by atoms with Crippen molar-refractivity contribution in [2.75, 3.05) is 7.05 Å². The Bertz CT molecular complexity index is 909. The topological polar surface area (TPSA) is 47.4 Å². The van der Waals surface area contributed by atoms with Gasteiger partial charge in [0.2, 0.25) is 0 Å². The minimum atomic E-state index is 0.0263. The molecule has 4 saturated carbocycles. The number of amides is 1. The summed E-state index contributed by atoms with van der Waals surface area (Å²) in [6, 6.07) is 7.16. The van der Waals surface area contributed by atoms with Gasteiger partial charge in [-0.05, 0) is 96.5 Å². The molecule has 0 radical (unpaired) electrons. The summed E-state index contributed by atoms with van der Waals surface area (Å²) < 4.78 is 8.24. The van der Waals surface area contributed by atoms with Gasteiger partial charge in [0.15, 0.2) is 12.4 Å². The number of nitrogens with zero attached hydrogens (tertiary/aromatic N) is 3. The Labute approximate surface area is 184 Å². The number of rotatable bonds is 5. The van der Waals surface area contributed by atoms with Crippen molar-refractivity contribution < 1.29 is 9.53 Å². The van der Waals surface area contributed by atoms with Crippen LogP contribution < -0.4 is 4.74 Å². The molecule has 29 heavy (non-hydrogen) atoms. The van der Waals surface area contributed by atoms with Gasteiger partial charge in [0, 0.05) is 23.8 Å². The summed E-state index contributed by atoms with van der Waals surface area (Å²) >= 11 is 9.41. The molecule has 0 unspecified atom stereocenters. The highest BCUT2D eigenvalue weighted by molar-refractivity contribution is 9.10. The molecule has 4 aliphatic carbocycles. The van der Waals surface area contributed by atoms with E-state index in [-0.39, 0.29) is 18.2 Å². The second-order valence-electron chi connectivity index (χ2n) is 9.09. The molecule has 0 N–H and O–H groups in total. The molecule has 0 aliphatic heterocycles. The third-order valence-corrected chi connectivity index (χ3v) is 7.98. The van der Waals surface area contributed by atoms with Crippen LogP contribution in [-0.4, -0.2) is 33.2 Å². The van der Waals surface area contributed by atoms with E-state index in [1.807, 2.05) is 18.0 Å². The monoisotopic (exact) mass is 477 g/mol. The van der Waals surface area contributed by atoms with Gasteiger partial charge in [-0.2, -0.15) is 5.10 Å². The van der Waals surface area contributed by atoms with E-state index in [0.717, 1.165) is 41.5 Å². The maximum atomic E-state index is 13.2. The SMILES string of the molecule is CN(C(=O)c1ccn(COc2ccc(Cl)cc2Br)n1)C12CC3CC(CC(C3)C1)C2. The van der Waals surface area contributed by atoms with Crippen molar-refractivity contribution in [1.29, 1.82) is 0 Å². The standard InChI is InChI=1S/C22H25BrClN3O2/c1-26(22-10-14-6-15(11-22)8-16(7-14)12-22)21(28)19-4-5-27(25-19)13-29-20-3-2-17(24)9-18(20)23/h2-5,9,14-16H,6-8,10-13H2,1H3. The molecule has 2 aromatic rings. The van der Waals surface area contributed by atoms with Crippen molar-refractivity contribution in [3.05, 3.63) is 45.7 Å². The number of hydrogen-bond donors (Lipinski definition) is 0. The Morgan fingerprint density at radius 3 is 2.52 bits per heavy atom. The lowest BCUT2D eigenvalue weighted by Crippen LogP contribution is -2.60. The van der Waals surface area contributed by atoms with E-state index in [1.165, 1.54) is 19.3 Å². The van der Waals surface area contributed by atoms with Crippen LogP contribution in [0.1, 0.15) is 49.0 Å². The third-order valence-electron chi connectivity index (χ3n) is 7.13. The Morgan fingerprint density at radius 2 is 1.90 bits per heavy atom. The highest BCUT2D eigenvalue weighted by Gasteiger charge is 2.53. The molecule has 1 heterocycles. The number of carbonyl (C=O) groups is 1. The fraction of sp³-hybridized carbons (Fsp3) is 0.545. The molecule has 0 atom stereocenters. The van der Waals surface area contributed by atoms with Crippen molar-refractivity contribution in [3.63, 3.8) is 0 Å². The Balaban J connectivity index is 1.27. The van der Waals surface area contributed by atoms with Crippen LogP contribution in [-0.2, 0) is 6.73 Å².